The van der Waals surface area contributed by atoms with E-state index >= 15 is 0 Å². The van der Waals surface area contributed by atoms with Crippen LogP contribution in [0.5, 0.6) is 0 Å². The number of hydrogen-bond donors (Lipinski definition) is 0. The fourth-order valence-corrected chi connectivity index (χ4v) is 7.35. The normalized spacial score (nSPS) is 32.5. The van der Waals surface area contributed by atoms with E-state index in [-0.39, 0.29) is 52.6 Å². The number of rotatable bonds is 8. The van der Waals surface area contributed by atoms with Gasteiger partial charge in [0.2, 0.25) is 0 Å². The van der Waals surface area contributed by atoms with Gasteiger partial charge in [0.05, 0.1) is 30.5 Å². The molecule has 8 heteroatoms. The Hall–Kier alpha value is 0.414. The van der Waals surface area contributed by atoms with E-state index in [0.29, 0.717) is 6.42 Å². The molecule has 2 saturated heterocycles. The molecule has 2 fully saturated rings. The zero-order valence-corrected chi connectivity index (χ0v) is 27.5. The van der Waals surface area contributed by atoms with Crippen molar-refractivity contribution < 1.29 is 23.1 Å². The Labute approximate surface area is 224 Å². The minimum Gasteiger partial charge on any atom is -0.411 e. The summed E-state index contributed by atoms with van der Waals surface area (Å²) in [6, 6.07) is 0. The molecule has 0 N–H and O–H groups in total. The maximum atomic E-state index is 11.2. The summed E-state index contributed by atoms with van der Waals surface area (Å²) in [5, 5.41) is 0.176. The van der Waals surface area contributed by atoms with E-state index in [1.165, 1.54) is 0 Å². The van der Waals surface area contributed by atoms with Crippen LogP contribution in [0, 0.1) is 5.92 Å². The lowest BCUT2D eigenvalue weighted by molar-refractivity contribution is -0.251. The number of carbonyl (C=O) groups excluding carboxylic acids is 1. The molecule has 34 heavy (non-hydrogen) atoms. The number of carbonyl (C=O) groups is 1. The van der Waals surface area contributed by atoms with E-state index in [1.807, 2.05) is 0 Å². The third-order valence-corrected chi connectivity index (χ3v) is 18.0. The smallest absolute Gasteiger partial charge is 0.193 e. The van der Waals surface area contributed by atoms with Crippen molar-refractivity contribution in [2.75, 3.05) is 0 Å². The highest BCUT2D eigenvalue weighted by molar-refractivity contribution is 14.1. The molecule has 0 aromatic carbocycles. The van der Waals surface area contributed by atoms with Gasteiger partial charge in [-0.15, -0.1) is 0 Å². The predicted octanol–water partition coefficient (Wildman–Crippen LogP) is 7.26. The molecular formula is C26H49IO5Si2. The molecule has 2 aliphatic rings. The highest BCUT2D eigenvalue weighted by Crippen LogP contribution is 2.45. The average molecular weight is 625 g/mol. The number of hydrogen-bond acceptors (Lipinski definition) is 5. The SMILES string of the molecule is C[C@H]1[C@H]2O[C@@H](CC=O)CC[C@@H]2O[C@@H]([C@H](/C=C/I)O[Si](C)(C)C(C)(C)C)[C@H]1O[Si](C)(C)C(C)(C)C. The number of ether oxygens (including phenoxy) is 2. The van der Waals surface area contributed by atoms with Gasteiger partial charge in [-0.05, 0) is 59.3 Å². The van der Waals surface area contributed by atoms with Crippen LogP contribution in [0.15, 0.2) is 10.2 Å². The van der Waals surface area contributed by atoms with Gasteiger partial charge in [0.1, 0.15) is 12.4 Å². The number of fused-ring (bicyclic) bond motifs is 1. The Balaban J connectivity index is 2.45. The summed E-state index contributed by atoms with van der Waals surface area (Å²) in [4.78, 5) is 11.2. The van der Waals surface area contributed by atoms with Crippen molar-refractivity contribution in [1.82, 2.24) is 0 Å². The van der Waals surface area contributed by atoms with Gasteiger partial charge in [0.15, 0.2) is 16.6 Å². The van der Waals surface area contributed by atoms with Crippen molar-refractivity contribution in [2.45, 2.75) is 141 Å². The van der Waals surface area contributed by atoms with Crippen LogP contribution in [-0.2, 0) is 23.1 Å². The Bertz CT molecular complexity index is 713. The Morgan fingerprint density at radius 2 is 1.59 bits per heavy atom. The van der Waals surface area contributed by atoms with Crippen LogP contribution in [0.3, 0.4) is 0 Å². The summed E-state index contributed by atoms with van der Waals surface area (Å²) in [7, 11) is -4.14. The first kappa shape index (κ1) is 30.6. The van der Waals surface area contributed by atoms with Gasteiger partial charge in [0, 0.05) is 12.3 Å². The summed E-state index contributed by atoms with van der Waals surface area (Å²) >= 11 is 2.28. The predicted molar refractivity (Wildman–Crippen MR) is 154 cm³/mol. The Morgan fingerprint density at radius 3 is 2.09 bits per heavy atom. The lowest BCUT2D eigenvalue weighted by atomic mass is 9.82. The van der Waals surface area contributed by atoms with E-state index in [9.17, 15) is 4.79 Å². The largest absolute Gasteiger partial charge is 0.411 e. The summed E-state index contributed by atoms with van der Waals surface area (Å²) in [6.45, 7) is 25.1. The standard InChI is InChI=1S/C26H49IO5Si2/c1-18-22-20(13-12-19(29-22)15-17-28)30-24(23(18)32-34(10,11)26(5,6)7)21(14-16-27)31-33(8,9)25(2,3)4/h14,16-24H,12-13,15H2,1-11H3/b16-14+/t18-,19+,20-,21-,22+,23-,24-/m0/s1. The van der Waals surface area contributed by atoms with Gasteiger partial charge >= 0.3 is 0 Å². The second-order valence-corrected chi connectivity index (χ2v) is 23.4. The van der Waals surface area contributed by atoms with Crippen LogP contribution in [0.2, 0.25) is 36.3 Å². The molecule has 198 valence electrons. The van der Waals surface area contributed by atoms with Crippen molar-refractivity contribution in [3.63, 3.8) is 0 Å². The molecule has 2 rings (SSSR count). The maximum Gasteiger partial charge on any atom is 0.193 e. The van der Waals surface area contributed by atoms with Gasteiger partial charge in [0.25, 0.3) is 0 Å². The fraction of sp³-hybridized carbons (Fsp3) is 0.885. The quantitative estimate of drug-likeness (QED) is 0.162. The van der Waals surface area contributed by atoms with E-state index in [4.69, 9.17) is 18.3 Å². The molecular weight excluding hydrogens is 575 g/mol. The molecule has 0 unspecified atom stereocenters. The third-order valence-electron chi connectivity index (χ3n) is 8.60. The minimum absolute atomic E-state index is 0.00436. The van der Waals surface area contributed by atoms with Crippen molar-refractivity contribution >= 4 is 45.5 Å². The van der Waals surface area contributed by atoms with Gasteiger partial charge in [-0.25, -0.2) is 0 Å². The van der Waals surface area contributed by atoms with Crippen LogP contribution in [-0.4, -0.2) is 59.5 Å². The van der Waals surface area contributed by atoms with Crippen LogP contribution < -0.4 is 0 Å². The summed E-state index contributed by atoms with van der Waals surface area (Å²) in [5.74, 6) is 0.139. The van der Waals surface area contributed by atoms with Crippen molar-refractivity contribution in [3.05, 3.63) is 10.2 Å². The molecule has 0 amide bonds. The van der Waals surface area contributed by atoms with E-state index in [1.54, 1.807) is 0 Å². The second-order valence-electron chi connectivity index (χ2n) is 13.2. The molecule has 5 nitrogen and oxygen atoms in total. The fourth-order valence-electron chi connectivity index (χ4n) is 4.31. The summed E-state index contributed by atoms with van der Waals surface area (Å²) < 4.78 is 29.4. The molecule has 0 radical (unpaired) electrons. The van der Waals surface area contributed by atoms with Gasteiger partial charge < -0.3 is 23.1 Å². The maximum absolute atomic E-state index is 11.2. The first-order chi connectivity index (χ1) is 15.4. The second kappa shape index (κ2) is 11.4. The molecule has 2 heterocycles. The van der Waals surface area contributed by atoms with Crippen molar-refractivity contribution in [3.8, 4) is 0 Å². The van der Waals surface area contributed by atoms with Gasteiger partial charge in [-0.3, -0.25) is 0 Å². The van der Waals surface area contributed by atoms with Crippen LogP contribution in [0.1, 0.15) is 67.7 Å². The van der Waals surface area contributed by atoms with Crippen LogP contribution >= 0.6 is 22.6 Å². The zero-order valence-electron chi connectivity index (χ0n) is 23.3. The number of aldehydes is 1. The van der Waals surface area contributed by atoms with E-state index in [0.717, 1.165) is 19.1 Å². The monoisotopic (exact) mass is 624 g/mol. The molecule has 0 spiro atoms. The minimum atomic E-state index is -2.09. The van der Waals surface area contributed by atoms with Crippen molar-refractivity contribution in [2.24, 2.45) is 5.92 Å². The van der Waals surface area contributed by atoms with Crippen LogP contribution in [0.4, 0.5) is 0 Å². The first-order valence-corrected chi connectivity index (χ1v) is 19.9. The Morgan fingerprint density at radius 1 is 1.00 bits per heavy atom. The summed E-state index contributed by atoms with van der Waals surface area (Å²) in [5.41, 5.74) is 0. The van der Waals surface area contributed by atoms with Gasteiger partial charge in [-0.1, -0.05) is 71.1 Å². The molecule has 0 aromatic rings. The molecule has 7 atom stereocenters. The highest BCUT2D eigenvalue weighted by Gasteiger charge is 2.53. The molecule has 0 aromatic heterocycles. The van der Waals surface area contributed by atoms with Crippen molar-refractivity contribution in [1.29, 1.82) is 0 Å². The lowest BCUT2D eigenvalue weighted by Crippen LogP contribution is -2.64. The average Bonchev–Trinajstić information content (AvgIpc) is 2.68. The van der Waals surface area contributed by atoms with E-state index in [2.05, 4.69) is 107 Å². The van der Waals surface area contributed by atoms with Gasteiger partial charge in [-0.2, -0.15) is 0 Å². The topological polar surface area (TPSA) is 54.0 Å². The number of halogens is 1. The molecule has 0 aliphatic carbocycles. The third kappa shape index (κ3) is 7.04. The zero-order chi connectivity index (χ0) is 26.1. The lowest BCUT2D eigenvalue weighted by Gasteiger charge is -2.54. The molecule has 2 aliphatic heterocycles. The summed E-state index contributed by atoms with van der Waals surface area (Å²) in [6.07, 6.45) is 4.71. The highest BCUT2D eigenvalue weighted by atomic mass is 127. The molecule has 0 bridgehead atoms. The van der Waals surface area contributed by atoms with Crippen LogP contribution in [0.25, 0.3) is 0 Å². The molecule has 0 saturated carbocycles. The van der Waals surface area contributed by atoms with E-state index < -0.39 is 16.6 Å². The first-order valence-electron chi connectivity index (χ1n) is 12.8. The Kier molecular flexibility index (Phi) is 10.3.